The lowest BCUT2D eigenvalue weighted by Gasteiger charge is -2.26. The number of likely N-dealkylation sites (tertiary alicyclic amines) is 2. The van der Waals surface area contributed by atoms with E-state index >= 15 is 0 Å². The van der Waals surface area contributed by atoms with Crippen molar-refractivity contribution in [2.75, 3.05) is 26.2 Å². The van der Waals surface area contributed by atoms with Gasteiger partial charge in [0.2, 0.25) is 0 Å². The Hall–Kier alpha value is -3.81. The van der Waals surface area contributed by atoms with Crippen molar-refractivity contribution in [2.24, 2.45) is 5.73 Å². The van der Waals surface area contributed by atoms with Crippen molar-refractivity contribution in [2.45, 2.75) is 58.2 Å². The molecule has 3 aromatic carbocycles. The fraction of sp³-hybridized carbons (Fsp3) is 0.382. The van der Waals surface area contributed by atoms with E-state index in [1.54, 1.807) is 24.3 Å². The van der Waals surface area contributed by atoms with E-state index in [2.05, 4.69) is 52.3 Å². The van der Waals surface area contributed by atoms with E-state index < -0.39 is 0 Å². The third-order valence-corrected chi connectivity index (χ3v) is 7.23. The molecule has 0 unspecified atom stereocenters. The van der Waals surface area contributed by atoms with Gasteiger partial charge in [0.15, 0.2) is 0 Å². The van der Waals surface area contributed by atoms with Gasteiger partial charge in [-0.05, 0) is 92.8 Å². The smallest absolute Gasteiger partial charge is 0.150 e. The molecule has 0 amide bonds. The largest absolute Gasteiger partial charge is 0.326 e. The van der Waals surface area contributed by atoms with Crippen LogP contribution < -0.4 is 5.73 Å². The third kappa shape index (κ3) is 11.1. The molecule has 0 bridgehead atoms. The summed E-state index contributed by atoms with van der Waals surface area (Å²) in [6, 6.07) is 27.2. The summed E-state index contributed by atoms with van der Waals surface area (Å²) in [7, 11) is 0. The zero-order valence-corrected chi connectivity index (χ0v) is 23.5. The van der Waals surface area contributed by atoms with Crippen LogP contribution in [0.3, 0.4) is 0 Å². The van der Waals surface area contributed by atoms with Crippen LogP contribution in [0, 0.1) is 22.7 Å². The Kier molecular flexibility index (Phi) is 13.6. The van der Waals surface area contributed by atoms with E-state index in [9.17, 15) is 4.79 Å². The molecule has 2 saturated heterocycles. The molecule has 6 nitrogen and oxygen atoms in total. The van der Waals surface area contributed by atoms with Gasteiger partial charge in [-0.25, -0.2) is 0 Å². The lowest BCUT2D eigenvalue weighted by Crippen LogP contribution is -2.29. The highest BCUT2D eigenvalue weighted by atomic mass is 16.1. The van der Waals surface area contributed by atoms with E-state index in [-0.39, 0.29) is 0 Å². The van der Waals surface area contributed by atoms with Gasteiger partial charge in [-0.1, -0.05) is 61.4 Å². The summed E-state index contributed by atoms with van der Waals surface area (Å²) < 4.78 is 0. The maximum absolute atomic E-state index is 10.1. The van der Waals surface area contributed by atoms with Gasteiger partial charge in [0.05, 0.1) is 23.3 Å². The van der Waals surface area contributed by atoms with Crippen molar-refractivity contribution in [3.63, 3.8) is 0 Å². The van der Waals surface area contributed by atoms with Crippen molar-refractivity contribution in [1.29, 1.82) is 10.5 Å². The molecule has 0 aliphatic carbocycles. The number of nitriles is 2. The summed E-state index contributed by atoms with van der Waals surface area (Å²) >= 11 is 0. The molecule has 0 spiro atoms. The lowest BCUT2D eigenvalue weighted by atomic mass is 10.1. The molecular weight excluding hydrogens is 494 g/mol. The second kappa shape index (κ2) is 17.7. The first-order chi connectivity index (χ1) is 19.6. The predicted octanol–water partition coefficient (Wildman–Crippen LogP) is 6.05. The number of benzene rings is 3. The zero-order valence-electron chi connectivity index (χ0n) is 23.5. The molecule has 2 aliphatic rings. The van der Waals surface area contributed by atoms with E-state index in [1.165, 1.54) is 81.4 Å². The van der Waals surface area contributed by atoms with Crippen molar-refractivity contribution < 1.29 is 4.79 Å². The summed E-state index contributed by atoms with van der Waals surface area (Å²) in [5.41, 5.74) is 11.4. The van der Waals surface area contributed by atoms with Crippen LogP contribution in [0.2, 0.25) is 0 Å². The van der Waals surface area contributed by atoms with Gasteiger partial charge in [0.25, 0.3) is 0 Å². The molecule has 5 rings (SSSR count). The summed E-state index contributed by atoms with van der Waals surface area (Å²) in [5.74, 6) is 0. The zero-order chi connectivity index (χ0) is 28.4. The lowest BCUT2D eigenvalue weighted by molar-refractivity contribution is 0.112. The van der Waals surface area contributed by atoms with Crippen LogP contribution in [0.25, 0.3) is 0 Å². The van der Waals surface area contributed by atoms with Gasteiger partial charge in [0.1, 0.15) is 6.29 Å². The van der Waals surface area contributed by atoms with Gasteiger partial charge < -0.3 is 5.73 Å². The molecule has 0 aromatic heterocycles. The number of hydrogen-bond acceptors (Lipinski definition) is 6. The second-order valence-corrected chi connectivity index (χ2v) is 10.4. The number of carbonyl (C=O) groups excluding carboxylic acids is 1. The number of rotatable bonds is 6. The highest BCUT2D eigenvalue weighted by molar-refractivity contribution is 5.74. The normalized spacial score (nSPS) is 15.3. The number of nitrogens with two attached hydrogens (primary N) is 1. The van der Waals surface area contributed by atoms with E-state index in [0.29, 0.717) is 17.7 Å². The highest BCUT2D eigenvalue weighted by Crippen LogP contribution is 2.14. The quantitative estimate of drug-likeness (QED) is 0.386. The maximum atomic E-state index is 10.1. The molecule has 2 N–H and O–H groups in total. The van der Waals surface area contributed by atoms with Crippen molar-refractivity contribution in [1.82, 2.24) is 9.80 Å². The van der Waals surface area contributed by atoms with Crippen molar-refractivity contribution >= 4 is 6.29 Å². The molecular formula is C34H41N5O. The average molecular weight is 536 g/mol. The van der Waals surface area contributed by atoms with Crippen LogP contribution in [0.4, 0.5) is 0 Å². The molecule has 2 fully saturated rings. The Morgan fingerprint density at radius 1 is 0.600 bits per heavy atom. The van der Waals surface area contributed by atoms with Crippen molar-refractivity contribution in [3.8, 4) is 12.1 Å². The minimum Gasteiger partial charge on any atom is -0.326 e. The number of aldehydes is 1. The fourth-order valence-electron chi connectivity index (χ4n) is 4.85. The standard InChI is InChI=1S/C13H20N2.C13H16N2.C8H5NO/c2*14-10-12-4-6-13(7-5-12)11-15-8-2-1-3-9-15;9-5-7-1-3-8(6-10)4-2-7/h4-7H,1-3,8-11,14H2;4-7H,1-3,8-9,11H2;1-4,6H. The van der Waals surface area contributed by atoms with Crippen LogP contribution in [-0.4, -0.2) is 42.3 Å². The molecule has 6 heteroatoms. The number of hydrogen-bond donors (Lipinski definition) is 1. The summed E-state index contributed by atoms with van der Waals surface area (Å²) in [4.78, 5) is 15.2. The number of piperidine rings is 2. The van der Waals surface area contributed by atoms with Gasteiger partial charge in [-0.2, -0.15) is 10.5 Å². The van der Waals surface area contributed by atoms with Crippen LogP contribution in [-0.2, 0) is 19.6 Å². The Bertz CT molecular complexity index is 1210. The van der Waals surface area contributed by atoms with E-state index in [4.69, 9.17) is 16.3 Å². The summed E-state index contributed by atoms with van der Waals surface area (Å²) in [6.07, 6.45) is 8.92. The Morgan fingerprint density at radius 2 is 0.975 bits per heavy atom. The van der Waals surface area contributed by atoms with E-state index in [0.717, 1.165) is 24.9 Å². The summed E-state index contributed by atoms with van der Waals surface area (Å²) in [5, 5.41) is 17.1. The van der Waals surface area contributed by atoms with Gasteiger partial charge in [0, 0.05) is 25.2 Å². The average Bonchev–Trinajstić information content (AvgIpc) is 3.03. The van der Waals surface area contributed by atoms with Gasteiger partial charge >= 0.3 is 0 Å². The first-order valence-electron chi connectivity index (χ1n) is 14.3. The molecule has 2 heterocycles. The molecule has 2 aliphatic heterocycles. The van der Waals surface area contributed by atoms with Crippen LogP contribution in [0.1, 0.15) is 76.7 Å². The first-order valence-corrected chi connectivity index (χ1v) is 14.3. The molecule has 3 aromatic rings. The van der Waals surface area contributed by atoms with Gasteiger partial charge in [-0.3, -0.25) is 14.6 Å². The van der Waals surface area contributed by atoms with Crippen LogP contribution in [0.5, 0.6) is 0 Å². The van der Waals surface area contributed by atoms with Crippen molar-refractivity contribution in [3.05, 3.63) is 106 Å². The second-order valence-electron chi connectivity index (χ2n) is 10.4. The molecule has 40 heavy (non-hydrogen) atoms. The Morgan fingerprint density at radius 3 is 1.35 bits per heavy atom. The number of nitrogens with zero attached hydrogens (tertiary/aromatic N) is 4. The Labute approximate surface area is 239 Å². The third-order valence-electron chi connectivity index (χ3n) is 7.23. The highest BCUT2D eigenvalue weighted by Gasteiger charge is 2.11. The van der Waals surface area contributed by atoms with Gasteiger partial charge in [-0.15, -0.1) is 0 Å². The van der Waals surface area contributed by atoms with Crippen LogP contribution in [0.15, 0.2) is 72.8 Å². The predicted molar refractivity (Wildman–Crippen MR) is 160 cm³/mol. The fourth-order valence-corrected chi connectivity index (χ4v) is 4.85. The molecule has 0 saturated carbocycles. The minimum atomic E-state index is 0.575. The van der Waals surface area contributed by atoms with E-state index in [1.807, 2.05) is 18.2 Å². The molecule has 0 radical (unpaired) electrons. The Balaban J connectivity index is 0.000000169. The number of carbonyl (C=O) groups is 1. The maximum Gasteiger partial charge on any atom is 0.150 e. The molecule has 208 valence electrons. The monoisotopic (exact) mass is 535 g/mol. The first kappa shape index (κ1) is 30.7. The SMILES string of the molecule is N#Cc1ccc(C=O)cc1.N#Cc1ccc(CN2CCCCC2)cc1.NCc1ccc(CN2CCCCC2)cc1. The van der Waals surface area contributed by atoms with Crippen LogP contribution >= 0.6 is 0 Å². The molecule has 0 atom stereocenters. The summed E-state index contributed by atoms with van der Waals surface area (Å²) in [6.45, 7) is 7.75. The topological polar surface area (TPSA) is 97.1 Å². The minimum absolute atomic E-state index is 0.575.